The van der Waals surface area contributed by atoms with Crippen LogP contribution >= 0.6 is 0 Å². The van der Waals surface area contributed by atoms with Gasteiger partial charge < -0.3 is 19.3 Å². The van der Waals surface area contributed by atoms with Crippen molar-refractivity contribution in [2.75, 3.05) is 14.7 Å². The molecule has 4 bridgehead atoms. The Balaban J connectivity index is 1.04. The second kappa shape index (κ2) is 19.6. The monoisotopic (exact) mass is 1140 g/mol. The van der Waals surface area contributed by atoms with Crippen molar-refractivity contribution in [1.29, 1.82) is 0 Å². The van der Waals surface area contributed by atoms with E-state index in [1.807, 2.05) is 0 Å². The highest BCUT2D eigenvalue weighted by Gasteiger charge is 2.53. The number of para-hydroxylation sites is 2. The van der Waals surface area contributed by atoms with Crippen molar-refractivity contribution in [3.63, 3.8) is 0 Å². The lowest BCUT2D eigenvalue weighted by molar-refractivity contribution is -0.00514. The highest BCUT2D eigenvalue weighted by Crippen LogP contribution is 2.62. The fourth-order valence-corrected chi connectivity index (χ4v) is 17.2. The average molecular weight is 1140 g/mol. The zero-order valence-electron chi connectivity index (χ0n) is 54.2. The van der Waals surface area contributed by atoms with Crippen LogP contribution in [0.2, 0.25) is 0 Å². The van der Waals surface area contributed by atoms with E-state index in [0.717, 1.165) is 40.5 Å². The molecule has 2 aliphatic heterocycles. The Morgan fingerprint density at radius 2 is 0.920 bits per heavy atom. The molecule has 4 nitrogen and oxygen atoms in total. The lowest BCUT2D eigenvalue weighted by Gasteiger charge is -2.57. The van der Waals surface area contributed by atoms with Crippen LogP contribution in [0.5, 0.6) is 0 Å². The lowest BCUT2D eigenvalue weighted by atomic mass is 9.33. The molecular weight excluding hydrogens is 1050 g/mol. The van der Waals surface area contributed by atoms with Gasteiger partial charge in [-0.25, -0.2) is 0 Å². The van der Waals surface area contributed by atoms with Gasteiger partial charge in [0.05, 0.1) is 16.7 Å². The molecule has 4 saturated carbocycles. The van der Waals surface area contributed by atoms with Crippen LogP contribution in [0.3, 0.4) is 0 Å². The summed E-state index contributed by atoms with van der Waals surface area (Å²) in [5.74, 6) is 2.41. The molecule has 0 radical (unpaired) electrons. The maximum atomic E-state index is 2.78. The molecule has 3 heterocycles. The van der Waals surface area contributed by atoms with Crippen LogP contribution in [0, 0.1) is 31.6 Å². The number of hydrogen-bond acceptors (Lipinski definition) is 3. The van der Waals surface area contributed by atoms with Gasteiger partial charge in [0.1, 0.15) is 0 Å². The van der Waals surface area contributed by atoms with Crippen molar-refractivity contribution in [3.05, 3.63) is 221 Å². The van der Waals surface area contributed by atoms with Crippen LogP contribution in [0.25, 0.3) is 27.5 Å². The minimum Gasteiger partial charge on any atom is -0.311 e. The fourth-order valence-electron chi connectivity index (χ4n) is 17.2. The molecule has 87 heavy (non-hydrogen) atoms. The first-order valence-electron chi connectivity index (χ1n) is 32.7. The SMILES string of the molecule is Cc1cc(C(C)(C)C)cc(C)c1N1c2cc(N(c3ccc(C(C)(C)C)cc3)c3ccc4c5ccccc5n(-c5ccccc5)c4c3)ccc2B2c3cc(C(C)(C)C)ccc3N(c3ccc(C(C)(C)C)cc3)c3cc(C45CC6CC(CC(C6)C4)C5)cc1c32. The van der Waals surface area contributed by atoms with Crippen LogP contribution in [-0.4, -0.2) is 11.3 Å². The van der Waals surface area contributed by atoms with Gasteiger partial charge in [-0.2, -0.15) is 0 Å². The van der Waals surface area contributed by atoms with Crippen LogP contribution in [0.1, 0.15) is 161 Å². The van der Waals surface area contributed by atoms with Crippen molar-refractivity contribution in [1.82, 2.24) is 4.57 Å². The van der Waals surface area contributed by atoms with Gasteiger partial charge in [-0.3, -0.25) is 0 Å². The summed E-state index contributed by atoms with van der Waals surface area (Å²) in [4.78, 5) is 8.02. The largest absolute Gasteiger partial charge is 0.311 e. The maximum absolute atomic E-state index is 2.78. The Hall–Kier alpha value is -7.76. The van der Waals surface area contributed by atoms with E-state index in [4.69, 9.17) is 0 Å². The molecular formula is C82H87BN4. The van der Waals surface area contributed by atoms with Gasteiger partial charge in [0.2, 0.25) is 0 Å². The van der Waals surface area contributed by atoms with E-state index in [-0.39, 0.29) is 33.8 Å². The molecule has 16 rings (SSSR count). The number of anilines is 9. The topological polar surface area (TPSA) is 14.7 Å². The predicted octanol–water partition coefficient (Wildman–Crippen LogP) is 20.6. The maximum Gasteiger partial charge on any atom is 0.252 e. The molecule has 6 aliphatic rings. The molecule has 438 valence electrons. The molecule has 5 heteroatoms. The molecule has 9 aromatic carbocycles. The number of benzene rings is 9. The third-order valence-corrected chi connectivity index (χ3v) is 21.3. The first-order chi connectivity index (χ1) is 41.4. The summed E-state index contributed by atoms with van der Waals surface area (Å²) in [6.45, 7) is 33.0. The van der Waals surface area contributed by atoms with Gasteiger partial charge in [0.15, 0.2) is 0 Å². The molecule has 0 N–H and O–H groups in total. The second-order valence-corrected chi connectivity index (χ2v) is 31.5. The molecule has 0 spiro atoms. The Kier molecular flexibility index (Phi) is 12.6. The molecule has 0 atom stereocenters. The fraction of sp³-hybridized carbons (Fsp3) is 0.341. The highest BCUT2D eigenvalue weighted by atomic mass is 15.2. The van der Waals surface area contributed by atoms with Crippen molar-refractivity contribution >= 4 is 96.1 Å². The summed E-state index contributed by atoms with van der Waals surface area (Å²) in [6, 6.07) is 71.7. The second-order valence-electron chi connectivity index (χ2n) is 31.5. The first kappa shape index (κ1) is 55.8. The van der Waals surface area contributed by atoms with Crippen LogP contribution < -0.4 is 31.1 Å². The number of hydrogen-bond donors (Lipinski definition) is 0. The summed E-state index contributed by atoms with van der Waals surface area (Å²) < 4.78 is 2.46. The standard InChI is InChI=1S/C82H87BN4/c1-51-38-59(81(12,13)14)39-52(2)77(51)87-73-47-65(84(62-29-24-56(25-30-62)78(3,4)5)64-33-35-67-66-22-18-19-23-70(66)85(72(67)46-64)61-20-16-15-17-21-61)34-36-68(73)83-69-43-58(80(9,10)11)28-37-71(69)86(63-31-26-57(27-32-63)79(6,7)8)74-44-60(45-75(87)76(74)83)82-48-53-40-54(49-82)42-55(41-53)50-82/h15-39,43-47,53-55H,40-42,48-50H2,1-14H3. The summed E-state index contributed by atoms with van der Waals surface area (Å²) in [5.41, 5.74) is 28.4. The minimum absolute atomic E-state index is 0.000651. The average Bonchev–Trinajstić information content (AvgIpc) is 1.23. The lowest BCUT2D eigenvalue weighted by Crippen LogP contribution is -2.62. The summed E-state index contributed by atoms with van der Waals surface area (Å²) >= 11 is 0. The molecule has 10 aromatic rings. The van der Waals surface area contributed by atoms with Crippen molar-refractivity contribution in [3.8, 4) is 5.69 Å². The molecule has 1 aromatic heterocycles. The number of nitrogens with zero attached hydrogens (tertiary/aromatic N) is 4. The zero-order valence-corrected chi connectivity index (χ0v) is 54.2. The van der Waals surface area contributed by atoms with E-state index < -0.39 is 0 Å². The Morgan fingerprint density at radius 3 is 1.53 bits per heavy atom. The van der Waals surface area contributed by atoms with E-state index in [9.17, 15) is 0 Å². The van der Waals surface area contributed by atoms with Crippen molar-refractivity contribution in [2.45, 2.75) is 163 Å². The zero-order chi connectivity index (χ0) is 60.4. The number of aryl methyl sites for hydroxylation is 2. The van der Waals surface area contributed by atoms with Crippen LogP contribution in [0.15, 0.2) is 182 Å². The van der Waals surface area contributed by atoms with Gasteiger partial charge in [0.25, 0.3) is 6.71 Å². The summed E-state index contributed by atoms with van der Waals surface area (Å²) in [6.07, 6.45) is 8.11. The first-order valence-corrected chi connectivity index (χ1v) is 32.7. The van der Waals surface area contributed by atoms with E-state index in [2.05, 4.69) is 298 Å². The summed E-state index contributed by atoms with van der Waals surface area (Å²) in [5, 5.41) is 2.50. The van der Waals surface area contributed by atoms with Crippen molar-refractivity contribution in [2.24, 2.45) is 17.8 Å². The third-order valence-electron chi connectivity index (χ3n) is 21.3. The Labute approximate surface area is 519 Å². The van der Waals surface area contributed by atoms with Gasteiger partial charge in [-0.1, -0.05) is 180 Å². The van der Waals surface area contributed by atoms with Crippen LogP contribution in [0.4, 0.5) is 51.2 Å². The smallest absolute Gasteiger partial charge is 0.252 e. The quantitative estimate of drug-likeness (QED) is 0.148. The van der Waals surface area contributed by atoms with E-state index in [0.29, 0.717) is 0 Å². The molecule has 4 fully saturated rings. The van der Waals surface area contributed by atoms with E-state index in [1.165, 1.54) is 144 Å². The third kappa shape index (κ3) is 9.13. The van der Waals surface area contributed by atoms with Crippen molar-refractivity contribution < 1.29 is 0 Å². The van der Waals surface area contributed by atoms with E-state index >= 15 is 0 Å². The van der Waals surface area contributed by atoms with E-state index in [1.54, 1.807) is 5.56 Å². The number of rotatable bonds is 7. The highest BCUT2D eigenvalue weighted by molar-refractivity contribution is 7.00. The van der Waals surface area contributed by atoms with Gasteiger partial charge >= 0.3 is 0 Å². The molecule has 4 aliphatic carbocycles. The van der Waals surface area contributed by atoms with Gasteiger partial charge in [-0.05, 0) is 237 Å². The molecule has 0 amide bonds. The number of fused-ring (bicyclic) bond motifs is 7. The molecule has 0 saturated heterocycles. The van der Waals surface area contributed by atoms with Gasteiger partial charge in [0, 0.05) is 62.0 Å². The number of aromatic nitrogens is 1. The van der Waals surface area contributed by atoms with Crippen LogP contribution in [-0.2, 0) is 27.1 Å². The normalized spacial score (nSPS) is 19.7. The Bertz CT molecular complexity index is 4320. The Morgan fingerprint density at radius 1 is 0.402 bits per heavy atom. The minimum atomic E-state index is -0.0630. The summed E-state index contributed by atoms with van der Waals surface area (Å²) in [7, 11) is 0. The molecule has 0 unspecified atom stereocenters. The van der Waals surface area contributed by atoms with Gasteiger partial charge in [-0.15, -0.1) is 0 Å². The predicted molar refractivity (Wildman–Crippen MR) is 374 cm³/mol.